The molecule has 0 aliphatic rings. The number of hydrogen-bond acceptors (Lipinski definition) is 6. The molecule has 7 nitrogen and oxygen atoms in total. The highest BCUT2D eigenvalue weighted by atomic mass is 32.2. The van der Waals surface area contributed by atoms with Crippen molar-refractivity contribution in [1.82, 2.24) is 0 Å². The second kappa shape index (κ2) is 18.2. The number of carbonyl (C=O) groups is 2. The van der Waals surface area contributed by atoms with Gasteiger partial charge in [0.15, 0.2) is 11.6 Å². The number of rotatable bonds is 10. The first-order valence-electron chi connectivity index (χ1n) is 16.4. The number of aryl methyl sites for hydroxylation is 1. The Balaban J connectivity index is 0.000000768. The summed E-state index contributed by atoms with van der Waals surface area (Å²) < 4.78 is 37.8. The van der Waals surface area contributed by atoms with Crippen LogP contribution in [0.15, 0.2) is 152 Å². The van der Waals surface area contributed by atoms with Gasteiger partial charge in [0.05, 0.1) is 6.26 Å². The van der Waals surface area contributed by atoms with Gasteiger partial charge in [-0.05, 0) is 97.3 Å². The van der Waals surface area contributed by atoms with E-state index >= 15 is 0 Å². The molecule has 8 heteroatoms. The van der Waals surface area contributed by atoms with Crippen molar-refractivity contribution < 1.29 is 32.0 Å². The number of carbonyl (C=O) groups excluding carboxylic acids is 2. The third-order valence-corrected chi connectivity index (χ3v) is 7.31. The molecule has 0 saturated carbocycles. The van der Waals surface area contributed by atoms with Crippen LogP contribution in [0, 0.1) is 6.92 Å². The van der Waals surface area contributed by atoms with Crippen LogP contribution in [0.4, 0.5) is 0 Å². The third-order valence-electron chi connectivity index (χ3n) is 7.31. The van der Waals surface area contributed by atoms with Gasteiger partial charge in [-0.1, -0.05) is 98.3 Å². The Hall–Kier alpha value is -5.83. The summed E-state index contributed by atoms with van der Waals surface area (Å²) in [4.78, 5) is 25.8. The predicted molar refractivity (Wildman–Crippen MR) is 202 cm³/mol. The number of hydrogen-bond donors (Lipinski definition) is 1. The van der Waals surface area contributed by atoms with Crippen molar-refractivity contribution in [3.05, 3.63) is 191 Å². The Bertz CT molecular complexity index is 2100. The number of ketones is 2. The van der Waals surface area contributed by atoms with E-state index in [9.17, 15) is 18.0 Å². The Morgan fingerprint density at radius 3 is 1.12 bits per heavy atom. The first-order chi connectivity index (χ1) is 24.5. The molecule has 0 aliphatic carbocycles. The summed E-state index contributed by atoms with van der Waals surface area (Å²) >= 11 is 0. The molecule has 51 heavy (non-hydrogen) atoms. The van der Waals surface area contributed by atoms with Gasteiger partial charge in [0.1, 0.15) is 23.0 Å². The van der Waals surface area contributed by atoms with Gasteiger partial charge in [-0.3, -0.25) is 14.1 Å². The minimum absolute atomic E-state index is 0.0244. The summed E-state index contributed by atoms with van der Waals surface area (Å²) in [5, 5.41) is 0. The molecule has 0 spiro atoms. The average Bonchev–Trinajstić information content (AvgIpc) is 3.14. The van der Waals surface area contributed by atoms with Crippen LogP contribution in [-0.2, 0) is 16.5 Å². The minimum Gasteiger partial charge on any atom is -0.457 e. The molecule has 0 aromatic heterocycles. The molecular weight excluding hydrogens is 661 g/mol. The molecule has 6 aromatic carbocycles. The van der Waals surface area contributed by atoms with Crippen LogP contribution in [0.1, 0.15) is 62.4 Å². The maximum absolute atomic E-state index is 13.0. The van der Waals surface area contributed by atoms with Gasteiger partial charge < -0.3 is 9.47 Å². The van der Waals surface area contributed by atoms with E-state index in [-0.39, 0.29) is 11.6 Å². The van der Waals surface area contributed by atoms with Crippen LogP contribution in [0.3, 0.4) is 0 Å². The fourth-order valence-corrected chi connectivity index (χ4v) is 4.84. The summed E-state index contributed by atoms with van der Waals surface area (Å²) in [5.41, 5.74) is 6.03. The Labute approximate surface area is 299 Å². The molecular formula is C43H40O7S. The van der Waals surface area contributed by atoms with Crippen LogP contribution in [0.25, 0.3) is 0 Å². The van der Waals surface area contributed by atoms with Gasteiger partial charge in [0, 0.05) is 22.3 Å². The summed E-state index contributed by atoms with van der Waals surface area (Å²) in [6.45, 7) is 5.99. The minimum atomic E-state index is -3.67. The van der Waals surface area contributed by atoms with Crippen molar-refractivity contribution in [3.8, 4) is 23.0 Å². The highest BCUT2D eigenvalue weighted by Crippen LogP contribution is 2.28. The molecule has 1 N–H and O–H groups in total. The van der Waals surface area contributed by atoms with Crippen LogP contribution in [0.5, 0.6) is 23.0 Å². The summed E-state index contributed by atoms with van der Waals surface area (Å²) in [7, 11) is -3.67. The molecule has 0 unspecified atom stereocenters. The lowest BCUT2D eigenvalue weighted by molar-refractivity contribution is 0.103. The lowest BCUT2D eigenvalue weighted by atomic mass is 9.99. The molecule has 0 fully saturated rings. The van der Waals surface area contributed by atoms with Crippen LogP contribution < -0.4 is 9.47 Å². The molecule has 260 valence electrons. The topological polar surface area (TPSA) is 107 Å². The summed E-state index contributed by atoms with van der Waals surface area (Å²) in [6.07, 6.45) is 1.55. The molecule has 0 atom stereocenters. The smallest absolute Gasteiger partial charge is 0.261 e. The van der Waals surface area contributed by atoms with Gasteiger partial charge in [-0.25, -0.2) is 0 Å². The second-order valence-corrected chi connectivity index (χ2v) is 12.8. The van der Waals surface area contributed by atoms with E-state index in [1.807, 2.05) is 112 Å². The molecule has 6 aromatic rings. The Morgan fingerprint density at radius 1 is 0.490 bits per heavy atom. The normalized spacial score (nSPS) is 10.5. The van der Waals surface area contributed by atoms with Gasteiger partial charge in [-0.2, -0.15) is 8.42 Å². The fraction of sp³-hybridized carbons (Fsp3) is 0.116. The number of benzene rings is 6. The Kier molecular flexibility index (Phi) is 13.6. The van der Waals surface area contributed by atoms with E-state index < -0.39 is 10.1 Å². The Morgan fingerprint density at radius 2 is 0.765 bits per heavy atom. The van der Waals surface area contributed by atoms with E-state index in [1.54, 1.807) is 48.5 Å². The van der Waals surface area contributed by atoms with E-state index in [0.29, 0.717) is 51.5 Å². The lowest BCUT2D eigenvalue weighted by Gasteiger charge is -2.10. The molecule has 0 saturated heterocycles. The van der Waals surface area contributed by atoms with Crippen molar-refractivity contribution in [2.75, 3.05) is 6.26 Å². The second-order valence-electron chi connectivity index (χ2n) is 11.3. The zero-order valence-electron chi connectivity index (χ0n) is 28.9. The van der Waals surface area contributed by atoms with Crippen molar-refractivity contribution >= 4 is 21.7 Å². The highest BCUT2D eigenvalue weighted by molar-refractivity contribution is 7.85. The van der Waals surface area contributed by atoms with Gasteiger partial charge in [0.2, 0.25) is 0 Å². The molecule has 0 aliphatic heterocycles. The quantitative estimate of drug-likeness (QED) is 0.112. The maximum Gasteiger partial charge on any atom is 0.261 e. The molecule has 0 bridgehead atoms. The monoisotopic (exact) mass is 700 g/mol. The van der Waals surface area contributed by atoms with Crippen LogP contribution in [-0.4, -0.2) is 30.8 Å². The largest absolute Gasteiger partial charge is 0.457 e. The van der Waals surface area contributed by atoms with Crippen molar-refractivity contribution in [3.63, 3.8) is 0 Å². The average molecular weight is 701 g/mol. The summed E-state index contributed by atoms with van der Waals surface area (Å²) in [6, 6.07) is 47.1. The van der Waals surface area contributed by atoms with Crippen LogP contribution >= 0.6 is 0 Å². The van der Waals surface area contributed by atoms with Crippen LogP contribution in [0.2, 0.25) is 0 Å². The zero-order chi connectivity index (χ0) is 36.8. The maximum atomic E-state index is 13.0. The van der Waals surface area contributed by atoms with Gasteiger partial charge in [-0.15, -0.1) is 0 Å². The zero-order valence-corrected chi connectivity index (χ0v) is 29.8. The van der Waals surface area contributed by atoms with E-state index in [2.05, 4.69) is 12.1 Å². The first-order valence-corrected chi connectivity index (χ1v) is 18.2. The lowest BCUT2D eigenvalue weighted by Crippen LogP contribution is -2.01. The van der Waals surface area contributed by atoms with E-state index in [1.165, 1.54) is 5.56 Å². The molecule has 0 heterocycles. The number of ether oxygens (including phenoxy) is 2. The van der Waals surface area contributed by atoms with Gasteiger partial charge >= 0.3 is 0 Å². The fourth-order valence-electron chi connectivity index (χ4n) is 4.84. The third kappa shape index (κ3) is 12.2. The van der Waals surface area contributed by atoms with E-state index in [0.717, 1.165) is 17.5 Å². The molecule has 0 amide bonds. The van der Waals surface area contributed by atoms with Gasteiger partial charge in [0.25, 0.3) is 10.1 Å². The molecule has 6 rings (SSSR count). The SMILES string of the molecule is CC.CS(=O)(=O)O.Cc1ccc(C(=O)c2ccc(Oc3ccc(Oc4ccc(C(=O)c5ccc(Cc6ccccc6)cc5)cc4)cc3)cc2)cc1. The predicted octanol–water partition coefficient (Wildman–Crippen LogP) is 10.2. The molecule has 0 radical (unpaired) electrons. The van der Waals surface area contributed by atoms with Crippen molar-refractivity contribution in [2.45, 2.75) is 27.2 Å². The highest BCUT2D eigenvalue weighted by Gasteiger charge is 2.11. The van der Waals surface area contributed by atoms with Crippen molar-refractivity contribution in [2.24, 2.45) is 0 Å². The summed E-state index contributed by atoms with van der Waals surface area (Å²) in [5.74, 6) is 2.49. The van der Waals surface area contributed by atoms with Crippen molar-refractivity contribution in [1.29, 1.82) is 0 Å². The standard InChI is InChI=1S/C40H30O4.C2H6.CH4O3S/c1-28-7-11-31(12-8-28)39(41)33-15-19-35(20-16-33)43-37-23-25-38(26-24-37)44-36-21-17-34(18-22-36)40(42)32-13-9-30(10-14-32)27-29-5-3-2-4-6-29;1-2;1-5(2,3)4/h2-26H,27H2,1H3;1-2H3;1H3,(H,2,3,4). The van der Waals surface area contributed by atoms with E-state index in [4.69, 9.17) is 14.0 Å². The first kappa shape index (κ1) is 38.0.